The number of Topliss-reactive ketones (excluding diaryl/α,β-unsaturated/α-hetero) is 1. The van der Waals surface area contributed by atoms with Gasteiger partial charge in [-0.1, -0.05) is 33.8 Å². The van der Waals surface area contributed by atoms with Crippen LogP contribution in [0, 0.1) is 46.2 Å². The van der Waals surface area contributed by atoms with Gasteiger partial charge in [0.05, 0.1) is 12.7 Å². The van der Waals surface area contributed by atoms with Gasteiger partial charge in [0.15, 0.2) is 18.2 Å². The monoisotopic (exact) mass is 559 g/mol. The van der Waals surface area contributed by atoms with Crippen molar-refractivity contribution in [2.75, 3.05) is 27.2 Å². The van der Waals surface area contributed by atoms with Crippen molar-refractivity contribution >= 4 is 24.3 Å². The molecule has 10 heteroatoms. The average molecular weight is 559 g/mol. The van der Waals surface area contributed by atoms with E-state index in [2.05, 4.69) is 20.8 Å². The molecular formula is C30H43BFNO7. The van der Waals surface area contributed by atoms with Crippen LogP contribution in [0.4, 0.5) is 4.39 Å². The Balaban J connectivity index is 1.48. The van der Waals surface area contributed by atoms with Gasteiger partial charge >= 0.3 is 13.1 Å². The fourth-order valence-corrected chi connectivity index (χ4v) is 8.81. The average Bonchev–Trinajstić information content (AvgIpc) is 3.47. The van der Waals surface area contributed by atoms with E-state index in [1.54, 1.807) is 6.07 Å². The van der Waals surface area contributed by atoms with E-state index in [1.807, 2.05) is 25.9 Å². The summed E-state index contributed by atoms with van der Waals surface area (Å²) in [6.07, 6.45) is 1.69. The maximum atomic E-state index is 15.0. The molecule has 2 N–H and O–H groups in total. The lowest BCUT2D eigenvalue weighted by atomic mass is 9.44. The molecule has 0 saturated heterocycles. The summed E-state index contributed by atoms with van der Waals surface area (Å²) in [5, 5.41) is 21.7. The van der Waals surface area contributed by atoms with Gasteiger partial charge in [0, 0.05) is 35.7 Å². The number of aliphatic hydroxyl groups is 1. The molecule has 2 bridgehead atoms. The predicted molar refractivity (Wildman–Crippen MR) is 147 cm³/mol. The maximum absolute atomic E-state index is 15.0. The van der Waals surface area contributed by atoms with Gasteiger partial charge in [-0.05, 0) is 68.2 Å². The number of nitrogens with zero attached hydrogens (tertiary/aromatic N) is 1. The lowest BCUT2D eigenvalue weighted by molar-refractivity contribution is -0.216. The highest BCUT2D eigenvalue weighted by Crippen LogP contribution is 2.67. The van der Waals surface area contributed by atoms with Crippen LogP contribution in [0.1, 0.15) is 58.9 Å². The first-order chi connectivity index (χ1) is 18.8. The molecule has 1 heterocycles. The number of halogens is 1. The minimum absolute atomic E-state index is 0.0218. The van der Waals surface area contributed by atoms with E-state index in [0.29, 0.717) is 18.5 Å². The molecule has 9 atom stereocenters. The van der Waals surface area contributed by atoms with Crippen LogP contribution in [0.15, 0.2) is 12.1 Å². The van der Waals surface area contributed by atoms with E-state index in [0.717, 1.165) is 19.3 Å². The van der Waals surface area contributed by atoms with Crippen LogP contribution in [0.2, 0.25) is 0 Å². The standard InChI is InChI=1S/C30H43BFNO7/c1-16-9-11-30-12-10-21(34)27(30)29(16,4)28(20(13-33(5)6)17(2)26(36)18(30)3)40-23(35)15-38-22-8-7-19-14-39-31(37)24(19)25(22)32/h7-8,16-18,20,26-28,36-37H,9-15H2,1-6H3/t16-,17+,18+,20+,26-,27+,28-,29-,30+/m1/s1. The second-order valence-corrected chi connectivity index (χ2v) is 13.3. The Morgan fingerprint density at radius 2 is 1.98 bits per heavy atom. The number of hydrogen-bond acceptors (Lipinski definition) is 8. The highest BCUT2D eigenvalue weighted by atomic mass is 19.1. The Morgan fingerprint density at radius 3 is 2.67 bits per heavy atom. The van der Waals surface area contributed by atoms with Crippen LogP contribution in [0.3, 0.4) is 0 Å². The largest absolute Gasteiger partial charge is 0.494 e. The number of carbonyl (C=O) groups excluding carboxylic acids is 2. The van der Waals surface area contributed by atoms with Crippen LogP contribution in [0.25, 0.3) is 0 Å². The zero-order valence-electron chi connectivity index (χ0n) is 24.5. The third-order valence-corrected chi connectivity index (χ3v) is 11.2. The molecule has 3 saturated carbocycles. The van der Waals surface area contributed by atoms with Crippen LogP contribution in [0.5, 0.6) is 5.75 Å². The zero-order valence-corrected chi connectivity index (χ0v) is 24.5. The van der Waals surface area contributed by atoms with Crippen molar-refractivity contribution in [2.24, 2.45) is 40.4 Å². The smallest absolute Gasteiger partial charge is 0.479 e. The molecule has 5 rings (SSSR count). The van der Waals surface area contributed by atoms with Gasteiger partial charge in [0.1, 0.15) is 11.9 Å². The molecule has 1 aromatic carbocycles. The van der Waals surface area contributed by atoms with E-state index >= 15 is 4.39 Å². The third-order valence-electron chi connectivity index (χ3n) is 11.2. The van der Waals surface area contributed by atoms with Gasteiger partial charge in [-0.25, -0.2) is 9.18 Å². The van der Waals surface area contributed by atoms with Crippen LogP contribution in [-0.2, 0) is 25.6 Å². The van der Waals surface area contributed by atoms with E-state index in [1.165, 1.54) is 6.07 Å². The molecule has 0 spiro atoms. The SMILES string of the molecule is C[C@@H]1[C@@H](O)[C@H](C)[C@]23CCC(=O)[C@H]2[C@@](C)([C@H](C)CC3)[C@H](OC(=O)COc2ccc3c(c2F)B(O)OC3)[C@H]1CN(C)C. The first-order valence-electron chi connectivity index (χ1n) is 14.6. The number of aliphatic hydroxyl groups excluding tert-OH is 1. The van der Waals surface area contributed by atoms with Crippen molar-refractivity contribution < 1.29 is 38.2 Å². The quantitative estimate of drug-likeness (QED) is 0.405. The molecule has 220 valence electrons. The summed E-state index contributed by atoms with van der Waals surface area (Å²) in [6.45, 7) is 8.53. The van der Waals surface area contributed by atoms with Gasteiger partial charge in [-0.3, -0.25) is 4.79 Å². The number of fused-ring (bicyclic) bond motifs is 1. The molecule has 3 aliphatic carbocycles. The molecule has 1 aliphatic heterocycles. The number of hydrogen-bond donors (Lipinski definition) is 2. The minimum atomic E-state index is -1.38. The van der Waals surface area contributed by atoms with E-state index in [4.69, 9.17) is 14.1 Å². The van der Waals surface area contributed by atoms with Crippen molar-refractivity contribution in [1.29, 1.82) is 0 Å². The van der Waals surface area contributed by atoms with Gasteiger partial charge < -0.3 is 29.2 Å². The predicted octanol–water partition coefficient (Wildman–Crippen LogP) is 2.56. The highest BCUT2D eigenvalue weighted by molar-refractivity contribution is 6.61. The summed E-state index contributed by atoms with van der Waals surface area (Å²) in [5.41, 5.74) is -0.405. The van der Waals surface area contributed by atoms with Gasteiger partial charge in [0.25, 0.3) is 0 Å². The molecule has 8 nitrogen and oxygen atoms in total. The Bertz CT molecular complexity index is 1170. The minimum Gasteiger partial charge on any atom is -0.479 e. The number of esters is 1. The second-order valence-electron chi connectivity index (χ2n) is 13.3. The van der Waals surface area contributed by atoms with E-state index < -0.39 is 43.1 Å². The Labute approximate surface area is 236 Å². The number of carbonyl (C=O) groups is 2. The van der Waals surface area contributed by atoms with Crippen molar-refractivity contribution in [2.45, 2.75) is 72.2 Å². The van der Waals surface area contributed by atoms with Crippen LogP contribution < -0.4 is 10.2 Å². The summed E-state index contributed by atoms with van der Waals surface area (Å²) in [7, 11) is 2.53. The maximum Gasteiger partial charge on any atom is 0.494 e. The Kier molecular flexibility index (Phi) is 7.87. The van der Waals surface area contributed by atoms with Gasteiger partial charge in [-0.2, -0.15) is 0 Å². The molecule has 3 fully saturated rings. The van der Waals surface area contributed by atoms with E-state index in [-0.39, 0.29) is 58.6 Å². The molecule has 40 heavy (non-hydrogen) atoms. The lowest BCUT2D eigenvalue weighted by Gasteiger charge is -2.62. The molecule has 0 unspecified atom stereocenters. The van der Waals surface area contributed by atoms with Gasteiger partial charge in [0.2, 0.25) is 0 Å². The Hall–Kier alpha value is -2.01. The molecular weight excluding hydrogens is 516 g/mol. The van der Waals surface area contributed by atoms with Crippen molar-refractivity contribution in [3.05, 3.63) is 23.5 Å². The lowest BCUT2D eigenvalue weighted by Crippen LogP contribution is -2.65. The first-order valence-corrected chi connectivity index (χ1v) is 14.6. The number of rotatable bonds is 6. The fraction of sp³-hybridized carbons (Fsp3) is 0.733. The summed E-state index contributed by atoms with van der Waals surface area (Å²) in [5.74, 6) is -2.07. The number of benzene rings is 1. The normalized spacial score (nSPS) is 39.0. The van der Waals surface area contributed by atoms with Crippen molar-refractivity contribution in [3.8, 4) is 5.75 Å². The summed E-state index contributed by atoms with van der Waals surface area (Å²) >= 11 is 0. The number of ketones is 1. The topological polar surface area (TPSA) is 106 Å². The van der Waals surface area contributed by atoms with Gasteiger partial charge in [-0.15, -0.1) is 0 Å². The molecule has 0 aromatic heterocycles. The van der Waals surface area contributed by atoms with Crippen LogP contribution >= 0.6 is 0 Å². The summed E-state index contributed by atoms with van der Waals surface area (Å²) < 4.78 is 32.1. The van der Waals surface area contributed by atoms with Crippen molar-refractivity contribution in [1.82, 2.24) is 4.90 Å². The Morgan fingerprint density at radius 1 is 1.25 bits per heavy atom. The zero-order chi connectivity index (χ0) is 29.1. The highest BCUT2D eigenvalue weighted by Gasteiger charge is 2.68. The molecule has 0 radical (unpaired) electrons. The summed E-state index contributed by atoms with van der Waals surface area (Å²) in [4.78, 5) is 29.2. The third kappa shape index (κ3) is 4.50. The second kappa shape index (κ2) is 10.7. The molecule has 0 amide bonds. The van der Waals surface area contributed by atoms with Crippen LogP contribution in [-0.4, -0.2) is 73.4 Å². The fourth-order valence-electron chi connectivity index (χ4n) is 8.81. The first kappa shape index (κ1) is 29.5. The van der Waals surface area contributed by atoms with E-state index in [9.17, 15) is 19.7 Å². The molecule has 1 aromatic rings. The number of ether oxygens (including phenoxy) is 2. The molecule has 4 aliphatic rings. The summed E-state index contributed by atoms with van der Waals surface area (Å²) in [6, 6.07) is 3.03. The van der Waals surface area contributed by atoms with Crippen molar-refractivity contribution in [3.63, 3.8) is 0 Å².